The molecule has 2 atom stereocenters. The number of benzene rings is 3. The van der Waals surface area contributed by atoms with Crippen LogP contribution in [0.4, 0.5) is 0 Å². The lowest BCUT2D eigenvalue weighted by Crippen LogP contribution is -2.08. The summed E-state index contributed by atoms with van der Waals surface area (Å²) in [6.45, 7) is 1.80. The molecule has 0 saturated heterocycles. The Balaban J connectivity index is 1.44. The van der Waals surface area contributed by atoms with Crippen LogP contribution in [0, 0.1) is 0 Å². The fourth-order valence-electron chi connectivity index (χ4n) is 4.03. The van der Waals surface area contributed by atoms with Crippen molar-refractivity contribution in [1.82, 2.24) is 4.98 Å². The third-order valence-electron chi connectivity index (χ3n) is 5.74. The highest BCUT2D eigenvalue weighted by Gasteiger charge is 2.11. The lowest BCUT2D eigenvalue weighted by molar-refractivity contribution is 0.167. The van der Waals surface area contributed by atoms with Crippen molar-refractivity contribution >= 4 is 34.7 Å². The van der Waals surface area contributed by atoms with E-state index in [1.807, 2.05) is 78.9 Å². The molecule has 0 aliphatic heterocycles. The third kappa shape index (κ3) is 6.29. The Hall–Kier alpha value is -2.98. The molecule has 1 heterocycles. The number of aryl methyl sites for hydroxylation is 1. The molecule has 1 aromatic heterocycles. The van der Waals surface area contributed by atoms with Crippen molar-refractivity contribution in [3.05, 3.63) is 112 Å². The summed E-state index contributed by atoms with van der Waals surface area (Å²) in [6, 6.07) is 25.8. The summed E-state index contributed by atoms with van der Waals surface area (Å²) in [4.78, 5) is 4.66. The van der Waals surface area contributed by atoms with Crippen molar-refractivity contribution in [2.24, 2.45) is 0 Å². The van der Waals surface area contributed by atoms with Crippen molar-refractivity contribution in [3.63, 3.8) is 0 Å². The first kappa shape index (κ1) is 23.2. The van der Waals surface area contributed by atoms with E-state index in [1.165, 1.54) is 5.56 Å². The smallest absolute Gasteiger partial charge is 0.0793 e. The van der Waals surface area contributed by atoms with E-state index >= 15 is 0 Å². The summed E-state index contributed by atoms with van der Waals surface area (Å²) in [5.74, 6) is 0. The van der Waals surface area contributed by atoms with Gasteiger partial charge < -0.3 is 10.2 Å². The van der Waals surface area contributed by atoms with Gasteiger partial charge in [0.2, 0.25) is 0 Å². The lowest BCUT2D eigenvalue weighted by Gasteiger charge is -2.15. The van der Waals surface area contributed by atoms with Gasteiger partial charge in [0.05, 0.1) is 23.4 Å². The molecule has 168 valence electrons. The highest BCUT2D eigenvalue weighted by Crippen LogP contribution is 2.23. The number of fused-ring (bicyclic) bond motifs is 1. The molecule has 0 spiro atoms. The number of rotatable bonds is 8. The van der Waals surface area contributed by atoms with Gasteiger partial charge in [-0.3, -0.25) is 0 Å². The van der Waals surface area contributed by atoms with Gasteiger partial charge in [0.25, 0.3) is 0 Å². The molecule has 4 aromatic rings. The van der Waals surface area contributed by atoms with Crippen LogP contribution in [0.3, 0.4) is 0 Å². The summed E-state index contributed by atoms with van der Waals surface area (Å²) in [7, 11) is 0. The summed E-state index contributed by atoms with van der Waals surface area (Å²) in [5, 5.41) is 22.3. The SMILES string of the molecule is C[C@H](O)Cc1ccccc1CC[C@H](O)c1cccc(/C=C/c2ccc3ccc(Cl)cc3n2)c1. The van der Waals surface area contributed by atoms with Gasteiger partial charge in [-0.15, -0.1) is 0 Å². The predicted molar refractivity (Wildman–Crippen MR) is 137 cm³/mol. The maximum Gasteiger partial charge on any atom is 0.0793 e. The van der Waals surface area contributed by atoms with Crippen LogP contribution in [0.1, 0.15) is 47.4 Å². The molecule has 0 radical (unpaired) electrons. The first-order chi connectivity index (χ1) is 16.0. The fourth-order valence-corrected chi connectivity index (χ4v) is 4.19. The normalized spacial score (nSPS) is 13.5. The quantitative estimate of drug-likeness (QED) is 0.311. The molecule has 0 bridgehead atoms. The van der Waals surface area contributed by atoms with Crippen molar-refractivity contribution in [2.75, 3.05) is 0 Å². The van der Waals surface area contributed by atoms with E-state index in [2.05, 4.69) is 17.1 Å². The maximum atomic E-state index is 10.8. The lowest BCUT2D eigenvalue weighted by atomic mass is 9.95. The average Bonchev–Trinajstić information content (AvgIpc) is 2.81. The van der Waals surface area contributed by atoms with Crippen molar-refractivity contribution in [3.8, 4) is 0 Å². The molecule has 0 amide bonds. The van der Waals surface area contributed by atoms with E-state index in [9.17, 15) is 10.2 Å². The largest absolute Gasteiger partial charge is 0.393 e. The molecule has 4 heteroatoms. The summed E-state index contributed by atoms with van der Waals surface area (Å²) in [6.07, 6.45) is 5.05. The number of hydrogen-bond acceptors (Lipinski definition) is 3. The van der Waals surface area contributed by atoms with Crippen LogP contribution in [0.2, 0.25) is 5.02 Å². The number of aliphatic hydroxyl groups is 2. The zero-order valence-corrected chi connectivity index (χ0v) is 19.4. The zero-order chi connectivity index (χ0) is 23.2. The van der Waals surface area contributed by atoms with Gasteiger partial charge >= 0.3 is 0 Å². The Kier molecular flexibility index (Phi) is 7.56. The number of halogens is 1. The molecular weight excluding hydrogens is 430 g/mol. The number of aromatic nitrogens is 1. The zero-order valence-electron chi connectivity index (χ0n) is 18.7. The van der Waals surface area contributed by atoms with E-state index in [-0.39, 0.29) is 6.10 Å². The van der Waals surface area contributed by atoms with Gasteiger partial charge in [-0.05, 0) is 78.8 Å². The first-order valence-electron chi connectivity index (χ1n) is 11.3. The Morgan fingerprint density at radius 3 is 2.48 bits per heavy atom. The highest BCUT2D eigenvalue weighted by atomic mass is 35.5. The van der Waals surface area contributed by atoms with E-state index in [0.29, 0.717) is 17.9 Å². The van der Waals surface area contributed by atoms with Crippen LogP contribution in [-0.2, 0) is 12.8 Å². The van der Waals surface area contributed by atoms with Crippen molar-refractivity contribution in [1.29, 1.82) is 0 Å². The van der Waals surface area contributed by atoms with Crippen molar-refractivity contribution in [2.45, 2.75) is 38.4 Å². The van der Waals surface area contributed by atoms with Crippen molar-refractivity contribution < 1.29 is 10.2 Å². The standard InChI is InChI=1S/C29H28ClNO2/c1-20(32)17-24-7-3-2-6-22(24)12-16-29(33)25-8-4-5-21(18-25)9-14-27-15-11-23-10-13-26(30)19-28(23)31-27/h2-11,13-15,18-20,29,32-33H,12,16-17H2,1H3/b14-9+/t20-,29-/m0/s1. The average molecular weight is 458 g/mol. The van der Waals surface area contributed by atoms with Crippen LogP contribution in [-0.4, -0.2) is 21.3 Å². The topological polar surface area (TPSA) is 53.4 Å². The molecule has 3 aromatic carbocycles. The van der Waals surface area contributed by atoms with Gasteiger partial charge in [-0.1, -0.05) is 72.3 Å². The second kappa shape index (κ2) is 10.8. The van der Waals surface area contributed by atoms with E-state index in [0.717, 1.165) is 39.7 Å². The number of aliphatic hydroxyl groups excluding tert-OH is 2. The van der Waals surface area contributed by atoms with Gasteiger partial charge in [-0.2, -0.15) is 0 Å². The summed E-state index contributed by atoms with van der Waals surface area (Å²) in [5.41, 5.74) is 5.93. The predicted octanol–water partition coefficient (Wildman–Crippen LogP) is 6.65. The van der Waals surface area contributed by atoms with Crippen LogP contribution < -0.4 is 0 Å². The van der Waals surface area contributed by atoms with E-state index in [4.69, 9.17) is 11.6 Å². The van der Waals surface area contributed by atoms with Crippen LogP contribution >= 0.6 is 11.6 Å². The van der Waals surface area contributed by atoms with Crippen LogP contribution in [0.25, 0.3) is 23.1 Å². The number of pyridine rings is 1. The minimum Gasteiger partial charge on any atom is -0.393 e. The number of nitrogens with zero attached hydrogens (tertiary/aromatic N) is 1. The van der Waals surface area contributed by atoms with Gasteiger partial charge in [-0.25, -0.2) is 4.98 Å². The maximum absolute atomic E-state index is 10.8. The van der Waals surface area contributed by atoms with Crippen LogP contribution in [0.5, 0.6) is 0 Å². The Labute approximate surface area is 200 Å². The minimum absolute atomic E-state index is 0.381. The molecular formula is C29H28ClNO2. The fraction of sp³-hybridized carbons (Fsp3) is 0.207. The molecule has 0 aliphatic rings. The third-order valence-corrected chi connectivity index (χ3v) is 5.97. The Morgan fingerprint density at radius 1 is 0.879 bits per heavy atom. The molecule has 2 N–H and O–H groups in total. The van der Waals surface area contributed by atoms with Gasteiger partial charge in [0.15, 0.2) is 0 Å². The molecule has 3 nitrogen and oxygen atoms in total. The van der Waals surface area contributed by atoms with E-state index < -0.39 is 6.10 Å². The Bertz CT molecular complexity index is 1270. The number of hydrogen-bond donors (Lipinski definition) is 2. The Morgan fingerprint density at radius 2 is 1.67 bits per heavy atom. The first-order valence-corrected chi connectivity index (χ1v) is 11.6. The molecule has 0 saturated carbocycles. The summed E-state index contributed by atoms with van der Waals surface area (Å²) >= 11 is 6.09. The summed E-state index contributed by atoms with van der Waals surface area (Å²) < 4.78 is 0. The van der Waals surface area contributed by atoms with Crippen LogP contribution in [0.15, 0.2) is 78.9 Å². The molecule has 0 aliphatic carbocycles. The second-order valence-corrected chi connectivity index (χ2v) is 8.89. The molecule has 33 heavy (non-hydrogen) atoms. The minimum atomic E-state index is -0.557. The van der Waals surface area contributed by atoms with Gasteiger partial charge in [0.1, 0.15) is 0 Å². The monoisotopic (exact) mass is 457 g/mol. The van der Waals surface area contributed by atoms with Gasteiger partial charge in [0, 0.05) is 10.4 Å². The molecule has 4 rings (SSSR count). The molecule has 0 fully saturated rings. The highest BCUT2D eigenvalue weighted by molar-refractivity contribution is 6.31. The van der Waals surface area contributed by atoms with E-state index in [1.54, 1.807) is 6.92 Å². The second-order valence-electron chi connectivity index (χ2n) is 8.45. The molecule has 0 unspecified atom stereocenters.